The molecule has 0 aliphatic heterocycles. The molecule has 0 heterocycles. The van der Waals surface area contributed by atoms with Crippen LogP contribution in [0.1, 0.15) is 15.9 Å². The van der Waals surface area contributed by atoms with Crippen molar-refractivity contribution in [2.45, 2.75) is 6.42 Å². The summed E-state index contributed by atoms with van der Waals surface area (Å²) in [5.41, 5.74) is 3.71. The molecule has 0 unspecified atom stereocenters. The van der Waals surface area contributed by atoms with Crippen molar-refractivity contribution in [3.05, 3.63) is 71.5 Å². The van der Waals surface area contributed by atoms with E-state index in [1.165, 1.54) is 24.3 Å². The summed E-state index contributed by atoms with van der Waals surface area (Å²) in [6, 6.07) is 15.2. The molecule has 0 fully saturated rings. The van der Waals surface area contributed by atoms with E-state index in [-0.39, 0.29) is 5.56 Å². The van der Waals surface area contributed by atoms with E-state index < -0.39 is 11.7 Å². The van der Waals surface area contributed by atoms with Gasteiger partial charge in [0, 0.05) is 18.2 Å². The maximum atomic E-state index is 12.9. The quantitative estimate of drug-likeness (QED) is 0.663. The summed E-state index contributed by atoms with van der Waals surface area (Å²) in [7, 11) is 0. The van der Waals surface area contributed by atoms with Crippen LogP contribution in [0, 0.1) is 5.82 Å². The summed E-state index contributed by atoms with van der Waals surface area (Å²) in [4.78, 5) is 11.6. The Morgan fingerprint density at radius 1 is 1.16 bits per heavy atom. The van der Waals surface area contributed by atoms with E-state index in [0.717, 1.165) is 5.56 Å². The summed E-state index contributed by atoms with van der Waals surface area (Å²) in [5, 5.41) is 3.83. The van der Waals surface area contributed by atoms with Gasteiger partial charge < -0.3 is 0 Å². The number of hydrogen-bond acceptors (Lipinski definition) is 2. The van der Waals surface area contributed by atoms with Crippen molar-refractivity contribution in [3.8, 4) is 0 Å². The lowest BCUT2D eigenvalue weighted by molar-refractivity contribution is 0.0954. The summed E-state index contributed by atoms with van der Waals surface area (Å²) in [6.45, 7) is 0. The number of carbonyl (C=O) groups is 1. The minimum absolute atomic E-state index is 0.247. The molecule has 2 aromatic carbocycles. The van der Waals surface area contributed by atoms with Crippen LogP contribution in [0.3, 0.4) is 0 Å². The number of halogens is 1. The molecule has 0 atom stereocenters. The van der Waals surface area contributed by atoms with E-state index in [0.29, 0.717) is 6.42 Å². The zero-order valence-electron chi connectivity index (χ0n) is 10.2. The summed E-state index contributed by atoms with van der Waals surface area (Å²) in [6.07, 6.45) is 2.23. The van der Waals surface area contributed by atoms with Gasteiger partial charge in [-0.05, 0) is 23.8 Å². The van der Waals surface area contributed by atoms with Gasteiger partial charge in [-0.2, -0.15) is 5.10 Å². The predicted octanol–water partition coefficient (Wildman–Crippen LogP) is 2.78. The fourth-order valence-corrected chi connectivity index (χ4v) is 1.56. The Balaban J connectivity index is 1.87. The van der Waals surface area contributed by atoms with Gasteiger partial charge >= 0.3 is 0 Å². The Kier molecular flexibility index (Phi) is 4.39. The molecule has 2 rings (SSSR count). The van der Waals surface area contributed by atoms with E-state index >= 15 is 0 Å². The minimum Gasteiger partial charge on any atom is -0.267 e. The van der Waals surface area contributed by atoms with E-state index in [1.807, 2.05) is 30.3 Å². The standard InChI is InChI=1S/C15H13FN2O/c16-14-8-4-7-13(11-14)15(19)18-17-10-9-12-5-2-1-3-6-12/h1-8,10-11H,9H2,(H,18,19). The van der Waals surface area contributed by atoms with Gasteiger partial charge in [-0.15, -0.1) is 0 Å². The number of rotatable bonds is 4. The first kappa shape index (κ1) is 13.0. The normalized spacial score (nSPS) is 10.6. The Labute approximate surface area is 110 Å². The summed E-state index contributed by atoms with van der Waals surface area (Å²) < 4.78 is 12.9. The highest BCUT2D eigenvalue weighted by Gasteiger charge is 2.04. The third-order valence-corrected chi connectivity index (χ3v) is 2.51. The average Bonchev–Trinajstić information content (AvgIpc) is 2.44. The topological polar surface area (TPSA) is 41.5 Å². The van der Waals surface area contributed by atoms with Crippen LogP contribution in [0.5, 0.6) is 0 Å². The van der Waals surface area contributed by atoms with Crippen LogP contribution in [0.2, 0.25) is 0 Å². The van der Waals surface area contributed by atoms with Crippen molar-refractivity contribution in [1.29, 1.82) is 0 Å². The smallest absolute Gasteiger partial charge is 0.267 e. The minimum atomic E-state index is -0.444. The maximum Gasteiger partial charge on any atom is 0.271 e. The molecule has 1 amide bonds. The lowest BCUT2D eigenvalue weighted by Gasteiger charge is -1.99. The van der Waals surface area contributed by atoms with Crippen LogP contribution in [-0.2, 0) is 6.42 Å². The molecule has 3 nitrogen and oxygen atoms in total. The van der Waals surface area contributed by atoms with Gasteiger partial charge in [0.1, 0.15) is 5.82 Å². The average molecular weight is 256 g/mol. The van der Waals surface area contributed by atoms with Crippen LogP contribution in [-0.4, -0.2) is 12.1 Å². The molecule has 19 heavy (non-hydrogen) atoms. The van der Waals surface area contributed by atoms with Crippen molar-refractivity contribution in [1.82, 2.24) is 5.43 Å². The maximum absolute atomic E-state index is 12.9. The second-order valence-corrected chi connectivity index (χ2v) is 3.95. The molecule has 0 saturated carbocycles. The molecule has 0 spiro atoms. The van der Waals surface area contributed by atoms with E-state index in [9.17, 15) is 9.18 Å². The largest absolute Gasteiger partial charge is 0.271 e. The highest BCUT2D eigenvalue weighted by atomic mass is 19.1. The SMILES string of the molecule is O=C(NN=CCc1ccccc1)c1cccc(F)c1. The number of nitrogens with zero attached hydrogens (tertiary/aromatic N) is 1. The Bertz CT molecular complexity index is 582. The monoisotopic (exact) mass is 256 g/mol. The lowest BCUT2D eigenvalue weighted by atomic mass is 10.2. The fraction of sp³-hybridized carbons (Fsp3) is 0.0667. The number of hydrazone groups is 1. The third-order valence-electron chi connectivity index (χ3n) is 2.51. The Morgan fingerprint density at radius 2 is 1.95 bits per heavy atom. The van der Waals surface area contributed by atoms with Crippen molar-refractivity contribution < 1.29 is 9.18 Å². The van der Waals surface area contributed by atoms with Gasteiger partial charge in [-0.25, -0.2) is 9.82 Å². The van der Waals surface area contributed by atoms with Crippen LogP contribution >= 0.6 is 0 Å². The second kappa shape index (κ2) is 6.44. The number of carbonyl (C=O) groups excluding carboxylic acids is 1. The Morgan fingerprint density at radius 3 is 2.68 bits per heavy atom. The van der Waals surface area contributed by atoms with Gasteiger partial charge in [0.05, 0.1) is 0 Å². The van der Waals surface area contributed by atoms with Gasteiger partial charge in [0.2, 0.25) is 0 Å². The molecule has 0 aliphatic rings. The zero-order valence-corrected chi connectivity index (χ0v) is 10.2. The predicted molar refractivity (Wildman–Crippen MR) is 72.5 cm³/mol. The number of amides is 1. The molecular weight excluding hydrogens is 243 g/mol. The van der Waals surface area contributed by atoms with Crippen molar-refractivity contribution in [2.24, 2.45) is 5.10 Å². The molecule has 1 N–H and O–H groups in total. The van der Waals surface area contributed by atoms with Crippen molar-refractivity contribution in [2.75, 3.05) is 0 Å². The second-order valence-electron chi connectivity index (χ2n) is 3.95. The first-order chi connectivity index (χ1) is 9.25. The molecule has 96 valence electrons. The molecule has 0 radical (unpaired) electrons. The van der Waals surface area contributed by atoms with Gasteiger partial charge in [0.25, 0.3) is 5.91 Å². The lowest BCUT2D eigenvalue weighted by Crippen LogP contribution is -2.17. The number of hydrogen-bond donors (Lipinski definition) is 1. The molecule has 4 heteroatoms. The van der Waals surface area contributed by atoms with Crippen LogP contribution in [0.4, 0.5) is 4.39 Å². The van der Waals surface area contributed by atoms with Crippen LogP contribution in [0.15, 0.2) is 59.7 Å². The third kappa shape index (κ3) is 4.03. The van der Waals surface area contributed by atoms with E-state index in [2.05, 4.69) is 10.5 Å². The zero-order chi connectivity index (χ0) is 13.5. The molecule has 0 aliphatic carbocycles. The first-order valence-corrected chi connectivity index (χ1v) is 5.87. The molecular formula is C15H13FN2O. The summed E-state index contributed by atoms with van der Waals surface area (Å²) >= 11 is 0. The number of nitrogens with one attached hydrogen (secondary N) is 1. The highest BCUT2D eigenvalue weighted by Crippen LogP contribution is 2.03. The molecule has 0 aromatic heterocycles. The van der Waals surface area contributed by atoms with E-state index in [1.54, 1.807) is 6.21 Å². The summed E-state index contributed by atoms with van der Waals surface area (Å²) in [5.74, 6) is -0.871. The van der Waals surface area contributed by atoms with Crippen molar-refractivity contribution >= 4 is 12.1 Å². The highest BCUT2D eigenvalue weighted by molar-refractivity contribution is 5.94. The molecule has 2 aromatic rings. The van der Waals surface area contributed by atoms with Crippen LogP contribution < -0.4 is 5.43 Å². The van der Waals surface area contributed by atoms with Crippen LogP contribution in [0.25, 0.3) is 0 Å². The van der Waals surface area contributed by atoms with Gasteiger partial charge in [-0.3, -0.25) is 4.79 Å². The van der Waals surface area contributed by atoms with E-state index in [4.69, 9.17) is 0 Å². The fourth-order valence-electron chi connectivity index (χ4n) is 1.56. The van der Waals surface area contributed by atoms with Crippen molar-refractivity contribution in [3.63, 3.8) is 0 Å². The Hall–Kier alpha value is -2.49. The first-order valence-electron chi connectivity index (χ1n) is 5.87. The van der Waals surface area contributed by atoms with Gasteiger partial charge in [0.15, 0.2) is 0 Å². The van der Waals surface area contributed by atoms with Gasteiger partial charge in [-0.1, -0.05) is 36.4 Å². The molecule has 0 saturated heterocycles. The molecule has 0 bridgehead atoms. The number of benzene rings is 2.